The maximum Gasteiger partial charge on any atom is 0.306 e. The van der Waals surface area contributed by atoms with E-state index in [9.17, 15) is 9.59 Å². The molecule has 3 rings (SSSR count). The molecule has 2 aliphatic rings. The van der Waals surface area contributed by atoms with Gasteiger partial charge >= 0.3 is 5.97 Å². The molecule has 0 radical (unpaired) electrons. The number of anilines is 2. The summed E-state index contributed by atoms with van der Waals surface area (Å²) < 4.78 is 5.34. The molecule has 0 atom stereocenters. The summed E-state index contributed by atoms with van der Waals surface area (Å²) in [4.78, 5) is 22.4. The predicted octanol–water partition coefficient (Wildman–Crippen LogP) is 1.33. The van der Waals surface area contributed by atoms with Crippen LogP contribution >= 0.6 is 0 Å². The van der Waals surface area contributed by atoms with Crippen LogP contribution in [-0.2, 0) is 16.1 Å². The Kier molecular flexibility index (Phi) is 4.38. The van der Waals surface area contributed by atoms with E-state index in [1.807, 2.05) is 12.1 Å². The Hall–Kier alpha value is -2.28. The second-order valence-electron chi connectivity index (χ2n) is 6.17. The van der Waals surface area contributed by atoms with Crippen molar-refractivity contribution in [2.75, 3.05) is 17.7 Å². The van der Waals surface area contributed by atoms with E-state index in [0.717, 1.165) is 18.4 Å². The minimum Gasteiger partial charge on any atom is -0.481 e. The molecule has 0 unspecified atom stereocenters. The van der Waals surface area contributed by atoms with Crippen LogP contribution in [0.3, 0.4) is 0 Å². The molecule has 0 bridgehead atoms. The van der Waals surface area contributed by atoms with Crippen LogP contribution in [0.15, 0.2) is 12.1 Å². The summed E-state index contributed by atoms with van der Waals surface area (Å²) in [7, 11) is 0. The van der Waals surface area contributed by atoms with Crippen molar-refractivity contribution in [1.82, 2.24) is 5.32 Å². The Bertz CT molecular complexity index is 624. The molecule has 23 heavy (non-hydrogen) atoms. The highest BCUT2D eigenvalue weighted by Gasteiger charge is 2.25. The molecule has 1 aromatic carbocycles. The van der Waals surface area contributed by atoms with Crippen LogP contribution in [0, 0.1) is 5.92 Å². The van der Waals surface area contributed by atoms with E-state index in [4.69, 9.17) is 15.6 Å². The number of aliphatic carboxylic acids is 1. The normalized spacial score (nSPS) is 23.6. The molecule has 1 aromatic rings. The number of benzene rings is 1. The number of nitrogens with two attached hydrogens (primary N) is 1. The van der Waals surface area contributed by atoms with Crippen molar-refractivity contribution < 1.29 is 19.4 Å². The second kappa shape index (κ2) is 6.45. The highest BCUT2D eigenvalue weighted by atomic mass is 16.5. The van der Waals surface area contributed by atoms with Crippen LogP contribution in [0.25, 0.3) is 0 Å². The van der Waals surface area contributed by atoms with Gasteiger partial charge in [0, 0.05) is 12.6 Å². The number of carbonyl (C=O) groups excluding carboxylic acids is 1. The first-order chi connectivity index (χ1) is 11.0. The molecule has 1 aliphatic heterocycles. The smallest absolute Gasteiger partial charge is 0.306 e. The lowest BCUT2D eigenvalue weighted by atomic mass is 9.86. The van der Waals surface area contributed by atoms with Gasteiger partial charge in [0.1, 0.15) is 0 Å². The second-order valence-corrected chi connectivity index (χ2v) is 6.17. The third kappa shape index (κ3) is 3.56. The number of ether oxygens (including phenoxy) is 1. The van der Waals surface area contributed by atoms with E-state index >= 15 is 0 Å². The topological polar surface area (TPSA) is 114 Å². The van der Waals surface area contributed by atoms with Crippen molar-refractivity contribution in [3.8, 4) is 5.75 Å². The quantitative estimate of drug-likeness (QED) is 0.623. The van der Waals surface area contributed by atoms with Crippen LogP contribution < -0.4 is 21.1 Å². The van der Waals surface area contributed by atoms with Crippen molar-refractivity contribution in [2.24, 2.45) is 5.92 Å². The highest BCUT2D eigenvalue weighted by Crippen LogP contribution is 2.35. The van der Waals surface area contributed by atoms with Gasteiger partial charge < -0.3 is 26.2 Å². The van der Waals surface area contributed by atoms with Crippen molar-refractivity contribution >= 4 is 23.3 Å². The van der Waals surface area contributed by atoms with E-state index in [2.05, 4.69) is 10.6 Å². The van der Waals surface area contributed by atoms with Crippen LogP contribution in [-0.4, -0.2) is 29.6 Å². The number of amides is 1. The summed E-state index contributed by atoms with van der Waals surface area (Å²) in [6.07, 6.45) is 3.14. The fourth-order valence-corrected chi connectivity index (χ4v) is 3.20. The third-order valence-electron chi connectivity index (χ3n) is 4.47. The first-order valence-corrected chi connectivity index (χ1v) is 7.84. The van der Waals surface area contributed by atoms with Gasteiger partial charge in [-0.1, -0.05) is 0 Å². The molecular formula is C16H21N3O4. The van der Waals surface area contributed by atoms with E-state index in [1.165, 1.54) is 0 Å². The minimum atomic E-state index is -0.693. The van der Waals surface area contributed by atoms with Crippen molar-refractivity contribution in [1.29, 1.82) is 0 Å². The first kappa shape index (κ1) is 15.6. The standard InChI is InChI=1S/C16H21N3O4/c17-12-5-9(6-13-15(12)23-8-14(20)19-13)7-18-11-3-1-10(2-4-11)16(21)22/h5-6,10-11,18H,1-4,7-8,17H2,(H,19,20)(H,21,22)/t10-,11-. The Labute approximate surface area is 134 Å². The molecule has 1 saturated carbocycles. The van der Waals surface area contributed by atoms with E-state index in [1.54, 1.807) is 0 Å². The number of rotatable bonds is 4. The Morgan fingerprint density at radius 3 is 2.78 bits per heavy atom. The number of carboxylic acid groups (broad SMARTS) is 1. The summed E-state index contributed by atoms with van der Waals surface area (Å²) in [5, 5.41) is 15.2. The number of nitrogens with one attached hydrogen (secondary N) is 2. The average molecular weight is 319 g/mol. The molecular weight excluding hydrogens is 298 g/mol. The van der Waals surface area contributed by atoms with E-state index in [-0.39, 0.29) is 18.4 Å². The molecule has 124 valence electrons. The summed E-state index contributed by atoms with van der Waals surface area (Å²) >= 11 is 0. The zero-order valence-corrected chi connectivity index (χ0v) is 12.8. The zero-order valence-electron chi connectivity index (χ0n) is 12.8. The molecule has 1 heterocycles. The summed E-state index contributed by atoms with van der Waals surface area (Å²) in [6, 6.07) is 4.01. The summed E-state index contributed by atoms with van der Waals surface area (Å²) in [5.41, 5.74) is 8.06. The summed E-state index contributed by atoms with van der Waals surface area (Å²) in [6.45, 7) is 0.609. The van der Waals surface area contributed by atoms with Crippen LogP contribution in [0.1, 0.15) is 31.2 Å². The van der Waals surface area contributed by atoms with E-state index in [0.29, 0.717) is 42.6 Å². The van der Waals surface area contributed by atoms with Gasteiger partial charge in [-0.25, -0.2) is 0 Å². The van der Waals surface area contributed by atoms with Crippen molar-refractivity contribution in [3.63, 3.8) is 0 Å². The lowest BCUT2D eigenvalue weighted by Crippen LogP contribution is -2.34. The first-order valence-electron chi connectivity index (χ1n) is 7.84. The predicted molar refractivity (Wildman–Crippen MR) is 85.2 cm³/mol. The number of hydrogen-bond donors (Lipinski definition) is 4. The number of fused-ring (bicyclic) bond motifs is 1. The SMILES string of the molecule is Nc1cc(CN[C@H]2CC[C@H](C(=O)O)CC2)cc2c1OCC(=O)N2. The molecule has 1 amide bonds. The number of nitrogen functional groups attached to an aromatic ring is 1. The van der Waals surface area contributed by atoms with Gasteiger partial charge in [0.2, 0.25) is 0 Å². The maximum absolute atomic E-state index is 11.4. The number of carboxylic acids is 1. The Morgan fingerprint density at radius 1 is 1.35 bits per heavy atom. The van der Waals surface area contributed by atoms with Crippen molar-refractivity contribution in [3.05, 3.63) is 17.7 Å². The van der Waals surface area contributed by atoms with Crippen LogP contribution in [0.5, 0.6) is 5.75 Å². The average Bonchev–Trinajstić information content (AvgIpc) is 2.53. The minimum absolute atomic E-state index is 0.0123. The molecule has 0 saturated heterocycles. The fourth-order valence-electron chi connectivity index (χ4n) is 3.20. The maximum atomic E-state index is 11.4. The monoisotopic (exact) mass is 319 g/mol. The van der Waals surface area contributed by atoms with Gasteiger partial charge in [-0.3, -0.25) is 9.59 Å². The highest BCUT2D eigenvalue weighted by molar-refractivity contribution is 5.97. The van der Waals surface area contributed by atoms with Gasteiger partial charge in [0.15, 0.2) is 12.4 Å². The summed E-state index contributed by atoms with van der Waals surface area (Å²) in [5.74, 6) is -0.564. The Morgan fingerprint density at radius 2 is 2.09 bits per heavy atom. The molecule has 1 fully saturated rings. The van der Waals surface area contributed by atoms with Gasteiger partial charge in [-0.05, 0) is 43.4 Å². The number of carbonyl (C=O) groups is 2. The van der Waals surface area contributed by atoms with E-state index < -0.39 is 5.97 Å². The van der Waals surface area contributed by atoms with Gasteiger partial charge in [0.05, 0.1) is 17.3 Å². The largest absolute Gasteiger partial charge is 0.481 e. The third-order valence-corrected chi connectivity index (χ3v) is 4.47. The van der Waals surface area contributed by atoms with Crippen LogP contribution in [0.4, 0.5) is 11.4 Å². The zero-order chi connectivity index (χ0) is 16.4. The molecule has 0 spiro atoms. The molecule has 1 aliphatic carbocycles. The van der Waals surface area contributed by atoms with Gasteiger partial charge in [-0.15, -0.1) is 0 Å². The van der Waals surface area contributed by atoms with Gasteiger partial charge in [0.25, 0.3) is 5.91 Å². The molecule has 7 nitrogen and oxygen atoms in total. The molecule has 5 N–H and O–H groups in total. The fraction of sp³-hybridized carbons (Fsp3) is 0.500. The lowest BCUT2D eigenvalue weighted by molar-refractivity contribution is -0.142. The lowest BCUT2D eigenvalue weighted by Gasteiger charge is -2.27. The molecule has 7 heteroatoms. The Balaban J connectivity index is 1.59. The van der Waals surface area contributed by atoms with Gasteiger partial charge in [-0.2, -0.15) is 0 Å². The van der Waals surface area contributed by atoms with Crippen molar-refractivity contribution in [2.45, 2.75) is 38.3 Å². The van der Waals surface area contributed by atoms with Crippen LogP contribution in [0.2, 0.25) is 0 Å². The number of hydrogen-bond acceptors (Lipinski definition) is 5. The molecule has 0 aromatic heterocycles.